The zero-order valence-electron chi connectivity index (χ0n) is 14.9. The molecule has 27 heavy (non-hydrogen) atoms. The Balaban J connectivity index is 1.79. The number of hydrogen-bond acceptors (Lipinski definition) is 2. The topological polar surface area (TPSA) is 52.0 Å². The van der Waals surface area contributed by atoms with Crippen molar-refractivity contribution in [3.8, 4) is 33.4 Å². The van der Waals surface area contributed by atoms with E-state index in [-0.39, 0.29) is 0 Å². The van der Waals surface area contributed by atoms with Crippen LogP contribution in [0.5, 0.6) is 0 Å². The number of benzene rings is 4. The highest BCUT2D eigenvalue weighted by molar-refractivity contribution is 5.94. The summed E-state index contributed by atoms with van der Waals surface area (Å²) >= 11 is 0. The first kappa shape index (κ1) is 15.7. The fourth-order valence-electron chi connectivity index (χ4n) is 4.09. The third kappa shape index (κ3) is 2.58. The van der Waals surface area contributed by atoms with Crippen LogP contribution in [0.25, 0.3) is 33.4 Å². The first-order valence-electron chi connectivity index (χ1n) is 9.17. The molecule has 2 heteroatoms. The van der Waals surface area contributed by atoms with E-state index < -0.39 is 0 Å². The summed E-state index contributed by atoms with van der Waals surface area (Å²) in [7, 11) is 0. The molecule has 0 atom stereocenters. The van der Waals surface area contributed by atoms with Crippen LogP contribution in [0.15, 0.2) is 84.9 Å². The van der Waals surface area contributed by atoms with Gasteiger partial charge in [0.1, 0.15) is 0 Å². The normalized spacial score (nSPS) is 11.9. The Hall–Kier alpha value is -3.52. The Labute approximate surface area is 159 Å². The maximum Gasteiger partial charge on any atom is 0.0314 e. The Morgan fingerprint density at radius 3 is 1.81 bits per heavy atom. The van der Waals surface area contributed by atoms with Crippen molar-refractivity contribution < 1.29 is 0 Å². The first-order valence-corrected chi connectivity index (χ1v) is 9.17. The molecule has 0 aliphatic heterocycles. The van der Waals surface area contributed by atoms with Crippen LogP contribution in [0.3, 0.4) is 0 Å². The van der Waals surface area contributed by atoms with E-state index in [4.69, 9.17) is 11.5 Å². The van der Waals surface area contributed by atoms with Crippen LogP contribution >= 0.6 is 0 Å². The zero-order chi connectivity index (χ0) is 18.4. The van der Waals surface area contributed by atoms with E-state index in [0.29, 0.717) is 0 Å². The summed E-state index contributed by atoms with van der Waals surface area (Å²) in [5, 5.41) is 0. The Kier molecular flexibility index (Phi) is 3.51. The van der Waals surface area contributed by atoms with Gasteiger partial charge in [0.2, 0.25) is 0 Å². The molecule has 0 spiro atoms. The van der Waals surface area contributed by atoms with Crippen LogP contribution < -0.4 is 11.5 Å². The average Bonchev–Trinajstić information content (AvgIpc) is 3.07. The number of fused-ring (bicyclic) bond motifs is 3. The molecule has 0 bridgehead atoms. The van der Waals surface area contributed by atoms with Gasteiger partial charge in [-0.1, -0.05) is 60.7 Å². The fourth-order valence-corrected chi connectivity index (χ4v) is 4.09. The number of nitrogen functional groups attached to an aromatic ring is 2. The molecule has 5 rings (SSSR count). The fraction of sp³-hybridized carbons (Fsp3) is 0.0400. The highest BCUT2D eigenvalue weighted by atomic mass is 14.5. The van der Waals surface area contributed by atoms with E-state index in [9.17, 15) is 0 Å². The third-order valence-corrected chi connectivity index (χ3v) is 5.41. The van der Waals surface area contributed by atoms with Gasteiger partial charge in [-0.2, -0.15) is 0 Å². The van der Waals surface area contributed by atoms with E-state index in [2.05, 4.69) is 60.7 Å². The molecule has 2 nitrogen and oxygen atoms in total. The molecule has 0 heterocycles. The van der Waals surface area contributed by atoms with Gasteiger partial charge in [-0.3, -0.25) is 0 Å². The summed E-state index contributed by atoms with van der Waals surface area (Å²) in [5.41, 5.74) is 23.7. The van der Waals surface area contributed by atoms with Gasteiger partial charge in [-0.15, -0.1) is 0 Å². The predicted molar refractivity (Wildman–Crippen MR) is 114 cm³/mol. The lowest BCUT2D eigenvalue weighted by Gasteiger charge is -2.16. The second-order valence-corrected chi connectivity index (χ2v) is 7.09. The van der Waals surface area contributed by atoms with Gasteiger partial charge in [-0.05, 0) is 75.2 Å². The van der Waals surface area contributed by atoms with Gasteiger partial charge in [0.05, 0.1) is 0 Å². The monoisotopic (exact) mass is 348 g/mol. The molecule has 4 aromatic rings. The van der Waals surface area contributed by atoms with E-state index in [1.54, 1.807) is 0 Å². The van der Waals surface area contributed by atoms with Crippen molar-refractivity contribution in [2.24, 2.45) is 0 Å². The number of nitrogens with two attached hydrogens (primary N) is 2. The van der Waals surface area contributed by atoms with Crippen LogP contribution in [-0.2, 0) is 6.42 Å². The standard InChI is InChI=1S/C25H20N2/c26-19-9-5-16(6-10-19)22-13-14-23-21-4-2-1-3-18(21)15-24(23)25(22)17-7-11-20(27)12-8-17/h1-14H,15,26-27H2. The van der Waals surface area contributed by atoms with Gasteiger partial charge >= 0.3 is 0 Å². The quantitative estimate of drug-likeness (QED) is 0.399. The summed E-state index contributed by atoms with van der Waals surface area (Å²) in [6, 6.07) is 29.5. The van der Waals surface area contributed by atoms with Gasteiger partial charge in [0.15, 0.2) is 0 Å². The van der Waals surface area contributed by atoms with E-state index in [1.807, 2.05) is 24.3 Å². The molecular weight excluding hydrogens is 328 g/mol. The maximum atomic E-state index is 5.94. The molecule has 0 radical (unpaired) electrons. The molecule has 4 aromatic carbocycles. The maximum absolute atomic E-state index is 5.94. The minimum atomic E-state index is 0.779. The van der Waals surface area contributed by atoms with Crippen LogP contribution in [0.1, 0.15) is 11.1 Å². The summed E-state index contributed by atoms with van der Waals surface area (Å²) in [5.74, 6) is 0. The Bertz CT molecular complexity index is 1140. The van der Waals surface area contributed by atoms with Crippen LogP contribution in [0.2, 0.25) is 0 Å². The molecule has 0 saturated carbocycles. The summed E-state index contributed by atoms with van der Waals surface area (Å²) < 4.78 is 0. The second-order valence-electron chi connectivity index (χ2n) is 7.09. The predicted octanol–water partition coefficient (Wildman–Crippen LogP) is 5.76. The molecule has 0 amide bonds. The Morgan fingerprint density at radius 2 is 1.11 bits per heavy atom. The second kappa shape index (κ2) is 6.03. The van der Waals surface area contributed by atoms with E-state index in [0.717, 1.165) is 17.8 Å². The molecular formula is C25H20N2. The molecule has 1 aliphatic rings. The largest absolute Gasteiger partial charge is 0.399 e. The number of rotatable bonds is 2. The smallest absolute Gasteiger partial charge is 0.0314 e. The van der Waals surface area contributed by atoms with Crippen molar-refractivity contribution >= 4 is 11.4 Å². The van der Waals surface area contributed by atoms with Gasteiger partial charge in [0.25, 0.3) is 0 Å². The summed E-state index contributed by atoms with van der Waals surface area (Å²) in [6.45, 7) is 0. The van der Waals surface area contributed by atoms with Crippen LogP contribution in [0, 0.1) is 0 Å². The number of hydrogen-bond donors (Lipinski definition) is 2. The van der Waals surface area contributed by atoms with Gasteiger partial charge in [-0.25, -0.2) is 0 Å². The van der Waals surface area contributed by atoms with Gasteiger partial charge < -0.3 is 11.5 Å². The minimum absolute atomic E-state index is 0.779. The van der Waals surface area contributed by atoms with E-state index in [1.165, 1.54) is 44.5 Å². The SMILES string of the molecule is Nc1ccc(-c2ccc3c(c2-c2ccc(N)cc2)Cc2ccccc2-3)cc1. The van der Waals surface area contributed by atoms with Crippen molar-refractivity contribution in [3.63, 3.8) is 0 Å². The highest BCUT2D eigenvalue weighted by Crippen LogP contribution is 2.45. The Morgan fingerprint density at radius 1 is 0.519 bits per heavy atom. The van der Waals surface area contributed by atoms with E-state index >= 15 is 0 Å². The molecule has 130 valence electrons. The molecule has 1 aliphatic carbocycles. The lowest BCUT2D eigenvalue weighted by atomic mass is 9.88. The first-order chi connectivity index (χ1) is 13.2. The summed E-state index contributed by atoms with van der Waals surface area (Å²) in [6.07, 6.45) is 0.952. The highest BCUT2D eigenvalue weighted by Gasteiger charge is 2.24. The van der Waals surface area contributed by atoms with Crippen molar-refractivity contribution in [1.29, 1.82) is 0 Å². The summed E-state index contributed by atoms with van der Waals surface area (Å²) in [4.78, 5) is 0. The van der Waals surface area contributed by atoms with Crippen molar-refractivity contribution in [2.45, 2.75) is 6.42 Å². The van der Waals surface area contributed by atoms with Gasteiger partial charge in [0, 0.05) is 11.4 Å². The molecule has 4 N–H and O–H groups in total. The average molecular weight is 348 g/mol. The van der Waals surface area contributed by atoms with Crippen LogP contribution in [-0.4, -0.2) is 0 Å². The molecule has 0 aromatic heterocycles. The van der Waals surface area contributed by atoms with Crippen LogP contribution in [0.4, 0.5) is 11.4 Å². The molecule has 0 unspecified atom stereocenters. The molecule has 0 saturated heterocycles. The lowest BCUT2D eigenvalue weighted by Crippen LogP contribution is -1.94. The van der Waals surface area contributed by atoms with Crippen molar-refractivity contribution in [2.75, 3.05) is 11.5 Å². The minimum Gasteiger partial charge on any atom is -0.399 e. The lowest BCUT2D eigenvalue weighted by molar-refractivity contribution is 1.26. The third-order valence-electron chi connectivity index (χ3n) is 5.41. The van der Waals surface area contributed by atoms with Crippen molar-refractivity contribution in [1.82, 2.24) is 0 Å². The van der Waals surface area contributed by atoms with Crippen molar-refractivity contribution in [3.05, 3.63) is 96.1 Å². The molecule has 0 fully saturated rings. The zero-order valence-corrected chi connectivity index (χ0v) is 14.9. The number of anilines is 2.